The maximum absolute atomic E-state index is 13.2. The van der Waals surface area contributed by atoms with Gasteiger partial charge in [0.2, 0.25) is 5.91 Å². The molecule has 1 atom stereocenters. The Kier molecular flexibility index (Phi) is 6.62. The lowest BCUT2D eigenvalue weighted by atomic mass is 10.1. The highest BCUT2D eigenvalue weighted by Crippen LogP contribution is 2.35. The number of nitrogens with zero attached hydrogens (tertiary/aromatic N) is 3. The molecule has 1 saturated carbocycles. The monoisotopic (exact) mass is 361 g/mol. The van der Waals surface area contributed by atoms with Crippen molar-refractivity contribution >= 4 is 11.6 Å². The van der Waals surface area contributed by atoms with Crippen LogP contribution in [0.15, 0.2) is 60.7 Å². The molecule has 140 valence electrons. The van der Waals surface area contributed by atoms with Gasteiger partial charge in [-0.3, -0.25) is 9.69 Å². The number of rotatable bonds is 9. The van der Waals surface area contributed by atoms with Gasteiger partial charge in [0.05, 0.1) is 19.0 Å². The van der Waals surface area contributed by atoms with Gasteiger partial charge in [-0.2, -0.15) is 5.26 Å². The molecule has 0 bridgehead atoms. The van der Waals surface area contributed by atoms with Gasteiger partial charge >= 0.3 is 0 Å². The molecule has 1 aliphatic rings. The van der Waals surface area contributed by atoms with E-state index in [9.17, 15) is 4.79 Å². The van der Waals surface area contributed by atoms with E-state index in [0.29, 0.717) is 31.5 Å². The molecule has 0 aromatic heterocycles. The molecule has 3 rings (SSSR count). The topological polar surface area (TPSA) is 47.3 Å². The van der Waals surface area contributed by atoms with Gasteiger partial charge in [0.1, 0.15) is 0 Å². The minimum absolute atomic E-state index is 0.0554. The first kappa shape index (κ1) is 19.1. The summed E-state index contributed by atoms with van der Waals surface area (Å²) < 4.78 is 0. The summed E-state index contributed by atoms with van der Waals surface area (Å²) in [5, 5.41) is 8.99. The van der Waals surface area contributed by atoms with E-state index in [1.807, 2.05) is 48.5 Å². The third kappa shape index (κ3) is 5.42. The van der Waals surface area contributed by atoms with Crippen molar-refractivity contribution in [2.24, 2.45) is 5.92 Å². The summed E-state index contributed by atoms with van der Waals surface area (Å²) in [4.78, 5) is 17.2. The average Bonchev–Trinajstić information content (AvgIpc) is 3.54. The van der Waals surface area contributed by atoms with Crippen LogP contribution in [0.3, 0.4) is 0 Å². The van der Waals surface area contributed by atoms with E-state index in [1.165, 1.54) is 18.4 Å². The summed E-state index contributed by atoms with van der Waals surface area (Å²) in [6, 6.07) is 22.5. The molecule has 1 unspecified atom stereocenters. The highest BCUT2D eigenvalue weighted by atomic mass is 16.2. The lowest BCUT2D eigenvalue weighted by molar-refractivity contribution is -0.120. The Morgan fingerprint density at radius 3 is 2.33 bits per heavy atom. The summed E-state index contributed by atoms with van der Waals surface area (Å²) in [5.41, 5.74) is 2.08. The maximum Gasteiger partial charge on any atom is 0.241 e. The van der Waals surface area contributed by atoms with Crippen LogP contribution in [0.5, 0.6) is 0 Å². The molecule has 0 heterocycles. The van der Waals surface area contributed by atoms with Crippen molar-refractivity contribution in [1.82, 2.24) is 4.90 Å². The molecule has 4 nitrogen and oxygen atoms in total. The number of hydrogen-bond donors (Lipinski definition) is 0. The summed E-state index contributed by atoms with van der Waals surface area (Å²) in [5.74, 6) is 0.741. The third-order valence-electron chi connectivity index (χ3n) is 5.26. The fraction of sp³-hybridized carbons (Fsp3) is 0.391. The Labute approximate surface area is 162 Å². The Morgan fingerprint density at radius 1 is 1.11 bits per heavy atom. The van der Waals surface area contributed by atoms with E-state index in [4.69, 9.17) is 5.26 Å². The molecule has 0 radical (unpaired) electrons. The van der Waals surface area contributed by atoms with Gasteiger partial charge in [0.15, 0.2) is 0 Å². The first-order valence-electron chi connectivity index (χ1n) is 9.69. The Bertz CT molecular complexity index is 765. The second-order valence-electron chi connectivity index (χ2n) is 7.26. The van der Waals surface area contributed by atoms with Crippen molar-refractivity contribution in [3.63, 3.8) is 0 Å². The SMILES string of the molecule is CC(C1CC1)N(CC(=O)N(CCC#N)c1ccccc1)Cc1ccccc1. The van der Waals surface area contributed by atoms with Gasteiger partial charge in [0, 0.05) is 24.8 Å². The summed E-state index contributed by atoms with van der Waals surface area (Å²) >= 11 is 0. The van der Waals surface area contributed by atoms with Crippen molar-refractivity contribution in [1.29, 1.82) is 5.26 Å². The second-order valence-corrected chi connectivity index (χ2v) is 7.26. The molecule has 1 aliphatic carbocycles. The summed E-state index contributed by atoms with van der Waals surface area (Å²) in [6.45, 7) is 3.80. The first-order valence-corrected chi connectivity index (χ1v) is 9.69. The third-order valence-corrected chi connectivity index (χ3v) is 5.26. The van der Waals surface area contributed by atoms with E-state index < -0.39 is 0 Å². The predicted octanol–water partition coefficient (Wildman–Crippen LogP) is 4.23. The van der Waals surface area contributed by atoms with Crippen molar-refractivity contribution in [3.05, 3.63) is 66.2 Å². The smallest absolute Gasteiger partial charge is 0.241 e. The van der Waals surface area contributed by atoms with Crippen LogP contribution in [0.2, 0.25) is 0 Å². The fourth-order valence-corrected chi connectivity index (χ4v) is 3.47. The molecule has 0 spiro atoms. The van der Waals surface area contributed by atoms with Crippen LogP contribution in [-0.2, 0) is 11.3 Å². The van der Waals surface area contributed by atoms with Crippen LogP contribution in [0.1, 0.15) is 31.7 Å². The van der Waals surface area contributed by atoms with E-state index in [1.54, 1.807) is 4.90 Å². The van der Waals surface area contributed by atoms with Crippen molar-refractivity contribution in [2.45, 2.75) is 38.8 Å². The molecule has 27 heavy (non-hydrogen) atoms. The maximum atomic E-state index is 13.2. The van der Waals surface area contributed by atoms with Crippen molar-refractivity contribution < 1.29 is 4.79 Å². The molecule has 4 heteroatoms. The Balaban J connectivity index is 1.75. The molecule has 2 aromatic carbocycles. The molecule has 1 amide bonds. The van der Waals surface area contributed by atoms with Crippen molar-refractivity contribution in [3.8, 4) is 6.07 Å². The zero-order valence-corrected chi connectivity index (χ0v) is 15.9. The van der Waals surface area contributed by atoms with Gasteiger partial charge in [-0.1, -0.05) is 48.5 Å². The van der Waals surface area contributed by atoms with Crippen LogP contribution >= 0.6 is 0 Å². The zero-order valence-electron chi connectivity index (χ0n) is 15.9. The second kappa shape index (κ2) is 9.34. The number of carbonyl (C=O) groups excluding carboxylic acids is 1. The molecule has 1 fully saturated rings. The number of carbonyl (C=O) groups is 1. The number of anilines is 1. The Hall–Kier alpha value is -2.64. The largest absolute Gasteiger partial charge is 0.310 e. The number of para-hydroxylation sites is 1. The van der Waals surface area contributed by atoms with Crippen LogP contribution in [-0.4, -0.2) is 29.9 Å². The highest BCUT2D eigenvalue weighted by Gasteiger charge is 2.33. The quantitative estimate of drug-likeness (QED) is 0.671. The standard InChI is InChI=1S/C23H27N3O/c1-19(21-13-14-21)25(17-20-9-4-2-5-10-20)18-23(27)26(16-8-15-24)22-11-6-3-7-12-22/h2-7,9-12,19,21H,8,13-14,16-18H2,1H3. The van der Waals surface area contributed by atoms with Gasteiger partial charge in [-0.25, -0.2) is 0 Å². The van der Waals surface area contributed by atoms with E-state index in [2.05, 4.69) is 30.0 Å². The number of benzene rings is 2. The summed E-state index contributed by atoms with van der Waals surface area (Å²) in [7, 11) is 0. The average molecular weight is 361 g/mol. The number of amides is 1. The molecular weight excluding hydrogens is 334 g/mol. The molecule has 2 aromatic rings. The van der Waals surface area contributed by atoms with Crippen molar-refractivity contribution in [2.75, 3.05) is 18.0 Å². The normalized spacial score (nSPS) is 14.6. The first-order chi connectivity index (χ1) is 13.2. The molecular formula is C23H27N3O. The Morgan fingerprint density at radius 2 is 1.74 bits per heavy atom. The van der Waals surface area contributed by atoms with Gasteiger partial charge in [-0.05, 0) is 43.4 Å². The fourth-order valence-electron chi connectivity index (χ4n) is 3.47. The molecule has 0 aliphatic heterocycles. The molecule has 0 saturated heterocycles. The van der Waals surface area contributed by atoms with Gasteiger partial charge in [0.25, 0.3) is 0 Å². The van der Waals surface area contributed by atoms with Crippen LogP contribution < -0.4 is 4.90 Å². The highest BCUT2D eigenvalue weighted by molar-refractivity contribution is 5.94. The number of nitriles is 1. The van der Waals surface area contributed by atoms with Crippen LogP contribution in [0.4, 0.5) is 5.69 Å². The minimum atomic E-state index is 0.0554. The number of hydrogen-bond acceptors (Lipinski definition) is 3. The van der Waals surface area contributed by atoms with Crippen LogP contribution in [0, 0.1) is 17.2 Å². The molecule has 0 N–H and O–H groups in total. The minimum Gasteiger partial charge on any atom is -0.310 e. The van der Waals surface area contributed by atoms with Gasteiger partial charge in [-0.15, -0.1) is 0 Å². The van der Waals surface area contributed by atoms with E-state index in [-0.39, 0.29) is 5.91 Å². The summed E-state index contributed by atoms with van der Waals surface area (Å²) in [6.07, 6.45) is 2.83. The zero-order chi connectivity index (χ0) is 19.1. The van der Waals surface area contributed by atoms with Crippen LogP contribution in [0.25, 0.3) is 0 Å². The van der Waals surface area contributed by atoms with E-state index >= 15 is 0 Å². The van der Waals surface area contributed by atoms with Gasteiger partial charge < -0.3 is 4.90 Å². The van der Waals surface area contributed by atoms with E-state index in [0.717, 1.165) is 12.2 Å². The predicted molar refractivity (Wildman–Crippen MR) is 108 cm³/mol. The lowest BCUT2D eigenvalue weighted by Gasteiger charge is -2.31. The lowest BCUT2D eigenvalue weighted by Crippen LogP contribution is -2.44.